The highest BCUT2D eigenvalue weighted by Gasteiger charge is 2.12. The van der Waals surface area contributed by atoms with Crippen LogP contribution in [0.25, 0.3) is 0 Å². The Balaban J connectivity index is 1.69. The summed E-state index contributed by atoms with van der Waals surface area (Å²) in [5.41, 5.74) is 0. The van der Waals surface area contributed by atoms with Gasteiger partial charge in [-0.25, -0.2) is 0 Å². The van der Waals surface area contributed by atoms with E-state index in [1.807, 2.05) is 6.92 Å². The molecule has 1 nitrogen and oxygen atoms in total. The predicted molar refractivity (Wildman–Crippen MR) is 107 cm³/mol. The Morgan fingerprint density at radius 1 is 0.667 bits per heavy atom. The van der Waals surface area contributed by atoms with Gasteiger partial charge in [0.2, 0.25) is 0 Å². The number of rotatable bonds is 16. The summed E-state index contributed by atoms with van der Waals surface area (Å²) in [4.78, 5) is 11.2. The average Bonchev–Trinajstić information content (AvgIpc) is 2.62. The summed E-state index contributed by atoms with van der Waals surface area (Å²) < 4.78 is 0. The number of hydrogen-bond acceptors (Lipinski definition) is 1. The highest BCUT2D eigenvalue weighted by molar-refractivity contribution is 5.77. The lowest BCUT2D eigenvalue weighted by atomic mass is 9.85. The third-order valence-electron chi connectivity index (χ3n) is 5.94. The van der Waals surface area contributed by atoms with Crippen LogP contribution in [0.5, 0.6) is 0 Å². The Kier molecular flexibility index (Phi) is 14.6. The van der Waals surface area contributed by atoms with Crippen molar-refractivity contribution in [2.45, 2.75) is 135 Å². The topological polar surface area (TPSA) is 17.1 Å². The molecule has 0 radical (unpaired) electrons. The molecule has 0 unspecified atom stereocenters. The fraction of sp³-hybridized carbons (Fsp3) is 0.957. The number of Topliss-reactive ketones (excluding diaryl/α,β-unsaturated/α-hetero) is 1. The van der Waals surface area contributed by atoms with Gasteiger partial charge in [0.05, 0.1) is 0 Å². The second-order valence-corrected chi connectivity index (χ2v) is 8.18. The summed E-state index contributed by atoms with van der Waals surface area (Å²) in [6.45, 7) is 1.97. The molecule has 1 heteroatoms. The first-order valence-corrected chi connectivity index (χ1v) is 11.3. The second kappa shape index (κ2) is 16.2. The van der Waals surface area contributed by atoms with Crippen molar-refractivity contribution in [3.8, 4) is 0 Å². The van der Waals surface area contributed by atoms with Gasteiger partial charge in [0.1, 0.15) is 5.78 Å². The van der Waals surface area contributed by atoms with Crippen LogP contribution in [-0.2, 0) is 4.79 Å². The van der Waals surface area contributed by atoms with Crippen LogP contribution in [0.15, 0.2) is 0 Å². The zero-order valence-electron chi connectivity index (χ0n) is 16.6. The van der Waals surface area contributed by atoms with Crippen LogP contribution in [-0.4, -0.2) is 5.78 Å². The Labute approximate surface area is 152 Å². The number of unbranched alkanes of at least 4 members (excludes halogenated alkanes) is 11. The summed E-state index contributed by atoms with van der Waals surface area (Å²) in [5.74, 6) is 1.52. The van der Waals surface area contributed by atoms with E-state index in [-0.39, 0.29) is 0 Å². The van der Waals surface area contributed by atoms with Crippen LogP contribution in [0.2, 0.25) is 0 Å². The molecule has 0 aromatic rings. The molecule has 0 bridgehead atoms. The lowest BCUT2D eigenvalue weighted by Crippen LogP contribution is -2.05. The molecule has 24 heavy (non-hydrogen) atoms. The Hall–Kier alpha value is -0.330. The average molecular weight is 337 g/mol. The van der Waals surface area contributed by atoms with Gasteiger partial charge in [-0.05, 0) is 12.3 Å². The molecular formula is C23H44O. The van der Waals surface area contributed by atoms with Crippen molar-refractivity contribution in [2.75, 3.05) is 0 Å². The summed E-state index contributed by atoms with van der Waals surface area (Å²) in [7, 11) is 0. The van der Waals surface area contributed by atoms with Gasteiger partial charge in [-0.1, -0.05) is 116 Å². The first-order valence-electron chi connectivity index (χ1n) is 11.3. The molecule has 0 atom stereocenters. The van der Waals surface area contributed by atoms with E-state index in [0.29, 0.717) is 5.78 Å². The maximum Gasteiger partial charge on any atom is 0.132 e. The van der Waals surface area contributed by atoms with E-state index in [4.69, 9.17) is 0 Å². The van der Waals surface area contributed by atoms with Crippen LogP contribution in [0.1, 0.15) is 135 Å². The molecule has 142 valence electrons. The number of hydrogen-bond donors (Lipinski definition) is 0. The minimum Gasteiger partial charge on any atom is -0.300 e. The minimum atomic E-state index is 0.439. The van der Waals surface area contributed by atoms with Gasteiger partial charge in [0.25, 0.3) is 0 Å². The molecule has 0 saturated heterocycles. The van der Waals surface area contributed by atoms with Gasteiger partial charge in [-0.3, -0.25) is 4.79 Å². The lowest BCUT2D eigenvalue weighted by molar-refractivity contribution is -0.118. The molecule has 0 aromatic carbocycles. The summed E-state index contributed by atoms with van der Waals surface area (Å²) in [6.07, 6.45) is 27.3. The molecule has 0 heterocycles. The molecule has 1 saturated carbocycles. The second-order valence-electron chi connectivity index (χ2n) is 8.18. The summed E-state index contributed by atoms with van der Waals surface area (Å²) in [5, 5.41) is 0. The molecule has 0 aliphatic heterocycles. The van der Waals surface area contributed by atoms with E-state index in [1.165, 1.54) is 109 Å². The first kappa shape index (κ1) is 21.7. The maximum absolute atomic E-state index is 11.2. The van der Waals surface area contributed by atoms with E-state index in [1.54, 1.807) is 0 Å². The normalized spacial score (nSPS) is 15.7. The van der Waals surface area contributed by atoms with Gasteiger partial charge >= 0.3 is 0 Å². The number of carbonyl (C=O) groups is 1. The fourth-order valence-electron chi connectivity index (χ4n) is 4.18. The van der Waals surface area contributed by atoms with Crippen LogP contribution in [0.4, 0.5) is 0 Å². The SMILES string of the molecule is CCC(=O)CCCCCCCCCCCCCCC1CCCCC1. The first-order chi connectivity index (χ1) is 11.8. The molecule has 1 aliphatic rings. The van der Waals surface area contributed by atoms with Gasteiger partial charge in [-0.15, -0.1) is 0 Å². The highest BCUT2D eigenvalue weighted by atomic mass is 16.1. The van der Waals surface area contributed by atoms with Crippen LogP contribution in [0, 0.1) is 5.92 Å². The largest absolute Gasteiger partial charge is 0.300 e. The lowest BCUT2D eigenvalue weighted by Gasteiger charge is -2.21. The molecule has 0 aromatic heterocycles. The van der Waals surface area contributed by atoms with E-state index in [0.717, 1.165) is 25.2 Å². The Morgan fingerprint density at radius 3 is 1.62 bits per heavy atom. The van der Waals surface area contributed by atoms with Crippen molar-refractivity contribution in [1.82, 2.24) is 0 Å². The van der Waals surface area contributed by atoms with E-state index in [9.17, 15) is 4.79 Å². The third-order valence-corrected chi connectivity index (χ3v) is 5.94. The van der Waals surface area contributed by atoms with E-state index < -0.39 is 0 Å². The number of carbonyl (C=O) groups excluding carboxylic acids is 1. The third kappa shape index (κ3) is 13.0. The fourth-order valence-corrected chi connectivity index (χ4v) is 4.18. The maximum atomic E-state index is 11.2. The van der Waals surface area contributed by atoms with Crippen molar-refractivity contribution < 1.29 is 4.79 Å². The van der Waals surface area contributed by atoms with Crippen molar-refractivity contribution in [2.24, 2.45) is 5.92 Å². The van der Waals surface area contributed by atoms with Crippen LogP contribution in [0.3, 0.4) is 0 Å². The molecule has 0 spiro atoms. The van der Waals surface area contributed by atoms with Gasteiger partial charge in [0, 0.05) is 12.8 Å². The van der Waals surface area contributed by atoms with Crippen molar-refractivity contribution >= 4 is 5.78 Å². The molecular weight excluding hydrogens is 292 g/mol. The predicted octanol–water partition coefficient (Wildman–Crippen LogP) is 8.01. The summed E-state index contributed by atoms with van der Waals surface area (Å²) >= 11 is 0. The Morgan fingerprint density at radius 2 is 1.12 bits per heavy atom. The van der Waals surface area contributed by atoms with Crippen molar-refractivity contribution in [1.29, 1.82) is 0 Å². The smallest absolute Gasteiger partial charge is 0.132 e. The van der Waals surface area contributed by atoms with Crippen molar-refractivity contribution in [3.05, 3.63) is 0 Å². The van der Waals surface area contributed by atoms with Crippen LogP contribution >= 0.6 is 0 Å². The van der Waals surface area contributed by atoms with E-state index >= 15 is 0 Å². The van der Waals surface area contributed by atoms with Gasteiger partial charge < -0.3 is 0 Å². The standard InChI is InChI=1S/C23H44O/c1-2-23(24)21-17-12-10-8-6-4-3-5-7-9-11-14-18-22-19-15-13-16-20-22/h22H,2-21H2,1H3. The molecule has 1 aliphatic carbocycles. The number of ketones is 1. The zero-order chi connectivity index (χ0) is 17.3. The van der Waals surface area contributed by atoms with Crippen molar-refractivity contribution in [3.63, 3.8) is 0 Å². The zero-order valence-corrected chi connectivity index (χ0v) is 16.6. The quantitative estimate of drug-likeness (QED) is 0.261. The molecule has 1 fully saturated rings. The molecule has 1 rings (SSSR count). The minimum absolute atomic E-state index is 0.439. The summed E-state index contributed by atoms with van der Waals surface area (Å²) in [6, 6.07) is 0. The van der Waals surface area contributed by atoms with Gasteiger partial charge in [-0.2, -0.15) is 0 Å². The Bertz CT molecular complexity index is 278. The highest BCUT2D eigenvalue weighted by Crippen LogP contribution is 2.28. The molecule has 0 amide bonds. The molecule has 0 N–H and O–H groups in total. The monoisotopic (exact) mass is 336 g/mol. The van der Waals surface area contributed by atoms with Crippen LogP contribution < -0.4 is 0 Å². The van der Waals surface area contributed by atoms with Gasteiger partial charge in [0.15, 0.2) is 0 Å². The van der Waals surface area contributed by atoms with E-state index in [2.05, 4.69) is 0 Å².